The molecule has 0 amide bonds. The third-order valence-corrected chi connectivity index (χ3v) is 3.25. The molecule has 0 bridgehead atoms. The van der Waals surface area contributed by atoms with E-state index in [1.807, 2.05) is 0 Å². The van der Waals surface area contributed by atoms with Crippen molar-refractivity contribution in [2.24, 2.45) is 0 Å². The molecule has 7 heteroatoms. The van der Waals surface area contributed by atoms with Gasteiger partial charge in [0.05, 0.1) is 11.0 Å². The number of aromatic nitrogens is 2. The molecular formula is C13H10N2O4S. The molecule has 0 unspecified atom stereocenters. The Kier molecular flexibility index (Phi) is 3.03. The first-order chi connectivity index (χ1) is 9.62. The number of hydrogen-bond acceptors (Lipinski definition) is 5. The van der Waals surface area contributed by atoms with Crippen LogP contribution in [-0.2, 0) is 10.4 Å². The second-order valence-corrected chi connectivity index (χ2v) is 5.10. The lowest BCUT2D eigenvalue weighted by molar-refractivity contribution is 0.382. The van der Waals surface area contributed by atoms with Crippen LogP contribution >= 0.6 is 0 Å². The van der Waals surface area contributed by atoms with Gasteiger partial charge in [-0.05, 0) is 24.3 Å². The van der Waals surface area contributed by atoms with E-state index in [2.05, 4.69) is 9.97 Å². The van der Waals surface area contributed by atoms with Gasteiger partial charge in [-0.1, -0.05) is 30.3 Å². The Balaban J connectivity index is 1.82. The van der Waals surface area contributed by atoms with Crippen molar-refractivity contribution in [1.82, 2.24) is 9.97 Å². The molecule has 0 aliphatic rings. The van der Waals surface area contributed by atoms with Crippen molar-refractivity contribution in [1.29, 1.82) is 0 Å². The minimum Gasteiger partial charge on any atom is -0.353 e. The Hall–Kier alpha value is -2.54. The Bertz CT molecular complexity index is 795. The van der Waals surface area contributed by atoms with E-state index in [-0.39, 0.29) is 11.8 Å². The first-order valence-corrected chi connectivity index (χ1v) is 7.09. The lowest BCUT2D eigenvalue weighted by Gasteiger charge is -2.04. The van der Waals surface area contributed by atoms with Crippen LogP contribution in [0.3, 0.4) is 0 Å². The van der Waals surface area contributed by atoms with Gasteiger partial charge in [0.2, 0.25) is 0 Å². The van der Waals surface area contributed by atoms with Gasteiger partial charge in [-0.2, -0.15) is 4.98 Å². The van der Waals surface area contributed by atoms with Crippen molar-refractivity contribution in [3.8, 4) is 11.8 Å². The molecule has 102 valence electrons. The number of H-pyrrole nitrogens is 1. The maximum absolute atomic E-state index is 11.7. The van der Waals surface area contributed by atoms with Gasteiger partial charge in [-0.25, -0.2) is 0 Å². The summed E-state index contributed by atoms with van der Waals surface area (Å²) in [5.74, 6) is 0.170. The Labute approximate surface area is 115 Å². The Morgan fingerprint density at radius 1 is 0.900 bits per heavy atom. The molecular weight excluding hydrogens is 280 g/mol. The van der Waals surface area contributed by atoms with Crippen LogP contribution in [0.15, 0.2) is 54.6 Å². The van der Waals surface area contributed by atoms with E-state index >= 15 is 0 Å². The third kappa shape index (κ3) is 2.72. The van der Waals surface area contributed by atoms with Crippen LogP contribution in [0.1, 0.15) is 0 Å². The van der Waals surface area contributed by atoms with Crippen LogP contribution in [0.5, 0.6) is 11.8 Å². The Morgan fingerprint density at radius 2 is 1.60 bits per heavy atom. The molecule has 0 saturated carbocycles. The largest absolute Gasteiger partial charge is 0.503 e. The molecule has 6 nitrogen and oxygen atoms in total. The van der Waals surface area contributed by atoms with E-state index in [4.69, 9.17) is 8.37 Å². The zero-order valence-electron chi connectivity index (χ0n) is 10.2. The minimum atomic E-state index is -4.23. The molecule has 0 aliphatic carbocycles. The smallest absolute Gasteiger partial charge is 0.353 e. The first kappa shape index (κ1) is 12.5. The standard InChI is InChI=1S/C13H10N2O4S/c16-20(17,18-10-6-2-1-3-7-10)19-13-14-11-8-4-5-9-12(11)15-13/h1-9H,(H,14,15). The van der Waals surface area contributed by atoms with Crippen molar-refractivity contribution in [3.63, 3.8) is 0 Å². The molecule has 3 aromatic rings. The Morgan fingerprint density at radius 3 is 2.35 bits per heavy atom. The summed E-state index contributed by atoms with van der Waals surface area (Å²) < 4.78 is 33.0. The van der Waals surface area contributed by atoms with Crippen LogP contribution in [0, 0.1) is 0 Å². The van der Waals surface area contributed by atoms with Gasteiger partial charge in [0, 0.05) is 0 Å². The summed E-state index contributed by atoms with van der Waals surface area (Å²) in [5, 5.41) is 0. The highest BCUT2D eigenvalue weighted by Gasteiger charge is 2.18. The molecule has 1 aromatic heterocycles. The van der Waals surface area contributed by atoms with Gasteiger partial charge < -0.3 is 13.4 Å². The molecule has 3 rings (SSSR count). The normalized spacial score (nSPS) is 11.4. The zero-order valence-corrected chi connectivity index (χ0v) is 11.0. The number of aromatic amines is 1. The van der Waals surface area contributed by atoms with E-state index in [0.29, 0.717) is 11.0 Å². The van der Waals surface area contributed by atoms with E-state index in [0.717, 1.165) is 0 Å². The van der Waals surface area contributed by atoms with E-state index in [1.165, 1.54) is 12.1 Å². The lowest BCUT2D eigenvalue weighted by atomic mass is 10.3. The maximum Gasteiger partial charge on any atom is 0.503 e. The van der Waals surface area contributed by atoms with Gasteiger partial charge in [0.15, 0.2) is 0 Å². The van der Waals surface area contributed by atoms with Crippen LogP contribution in [0.25, 0.3) is 11.0 Å². The summed E-state index contributed by atoms with van der Waals surface area (Å²) in [5.41, 5.74) is 1.29. The van der Waals surface area contributed by atoms with Gasteiger partial charge >= 0.3 is 16.4 Å². The highest BCUT2D eigenvalue weighted by Crippen LogP contribution is 2.18. The van der Waals surface area contributed by atoms with E-state index in [1.54, 1.807) is 42.5 Å². The molecule has 0 spiro atoms. The summed E-state index contributed by atoms with van der Waals surface area (Å²) in [6.07, 6.45) is 0. The summed E-state index contributed by atoms with van der Waals surface area (Å²) >= 11 is 0. The average Bonchev–Trinajstić information content (AvgIpc) is 2.80. The van der Waals surface area contributed by atoms with E-state index in [9.17, 15) is 8.42 Å². The fraction of sp³-hybridized carbons (Fsp3) is 0. The molecule has 0 saturated heterocycles. The molecule has 0 fully saturated rings. The van der Waals surface area contributed by atoms with Gasteiger partial charge in [0.25, 0.3) is 0 Å². The predicted molar refractivity (Wildman–Crippen MR) is 72.7 cm³/mol. The monoisotopic (exact) mass is 290 g/mol. The fourth-order valence-electron chi connectivity index (χ4n) is 1.68. The number of hydrogen-bond donors (Lipinski definition) is 1. The summed E-state index contributed by atoms with van der Waals surface area (Å²) in [4.78, 5) is 6.75. The number of rotatable bonds is 4. The van der Waals surface area contributed by atoms with Crippen molar-refractivity contribution in [2.75, 3.05) is 0 Å². The molecule has 0 atom stereocenters. The SMILES string of the molecule is O=S(=O)(Oc1ccccc1)Oc1nc2ccccc2[nH]1. The second kappa shape index (κ2) is 4.86. The summed E-state index contributed by atoms with van der Waals surface area (Å²) in [6.45, 7) is 0. The molecule has 20 heavy (non-hydrogen) atoms. The maximum atomic E-state index is 11.7. The zero-order chi connectivity index (χ0) is 14.0. The number of benzene rings is 2. The van der Waals surface area contributed by atoms with Gasteiger partial charge in [-0.3, -0.25) is 0 Å². The van der Waals surface area contributed by atoms with Crippen LogP contribution in [0.4, 0.5) is 0 Å². The van der Waals surface area contributed by atoms with Crippen molar-refractivity contribution >= 4 is 21.4 Å². The average molecular weight is 290 g/mol. The van der Waals surface area contributed by atoms with Crippen LogP contribution in [0.2, 0.25) is 0 Å². The predicted octanol–water partition coefficient (Wildman–Crippen LogP) is 2.27. The lowest BCUT2D eigenvalue weighted by Crippen LogP contribution is -2.17. The quantitative estimate of drug-likeness (QED) is 0.797. The number of nitrogens with zero attached hydrogens (tertiary/aromatic N) is 1. The first-order valence-electron chi connectivity index (χ1n) is 5.76. The number of para-hydroxylation sites is 3. The van der Waals surface area contributed by atoms with E-state index < -0.39 is 10.4 Å². The van der Waals surface area contributed by atoms with Crippen molar-refractivity contribution < 1.29 is 16.8 Å². The van der Waals surface area contributed by atoms with Crippen molar-refractivity contribution in [2.45, 2.75) is 0 Å². The molecule has 2 aromatic carbocycles. The molecule has 1 N–H and O–H groups in total. The minimum absolute atomic E-state index is 0.137. The third-order valence-electron chi connectivity index (χ3n) is 2.49. The second-order valence-electron chi connectivity index (χ2n) is 3.95. The number of nitrogens with one attached hydrogen (secondary N) is 1. The highest BCUT2D eigenvalue weighted by atomic mass is 32.3. The highest BCUT2D eigenvalue weighted by molar-refractivity contribution is 7.82. The van der Waals surface area contributed by atoms with Gasteiger partial charge in [0.1, 0.15) is 5.75 Å². The fourth-order valence-corrected chi connectivity index (χ4v) is 2.33. The summed E-state index contributed by atoms with van der Waals surface area (Å²) in [6, 6.07) is 15.1. The molecule has 1 heterocycles. The topological polar surface area (TPSA) is 81.3 Å². The molecule has 0 aliphatic heterocycles. The number of imidazole rings is 1. The van der Waals surface area contributed by atoms with Gasteiger partial charge in [-0.15, -0.1) is 8.42 Å². The summed E-state index contributed by atoms with van der Waals surface area (Å²) in [7, 11) is -4.23. The van der Waals surface area contributed by atoms with Crippen LogP contribution in [-0.4, -0.2) is 18.4 Å². The number of fused-ring (bicyclic) bond motifs is 1. The van der Waals surface area contributed by atoms with Crippen molar-refractivity contribution in [3.05, 3.63) is 54.6 Å². The molecule has 0 radical (unpaired) electrons. The van der Waals surface area contributed by atoms with Crippen LogP contribution < -0.4 is 8.37 Å².